The highest BCUT2D eigenvalue weighted by Gasteiger charge is 2.30. The van der Waals surface area contributed by atoms with Gasteiger partial charge in [0.25, 0.3) is 10.0 Å². The molecule has 0 fully saturated rings. The minimum absolute atomic E-state index is 0.0519. The van der Waals surface area contributed by atoms with Crippen molar-refractivity contribution in [3.63, 3.8) is 0 Å². The minimum atomic E-state index is -4.50. The number of aromatic nitrogens is 3. The monoisotopic (exact) mass is 593 g/mol. The number of rotatable bonds is 7. The van der Waals surface area contributed by atoms with Gasteiger partial charge in [-0.15, -0.1) is 0 Å². The first-order chi connectivity index (χ1) is 19.5. The van der Waals surface area contributed by atoms with Crippen molar-refractivity contribution in [2.24, 2.45) is 0 Å². The normalized spacial score (nSPS) is 11.6. The molecule has 41 heavy (non-hydrogen) atoms. The molecule has 0 saturated heterocycles. The zero-order valence-corrected chi connectivity index (χ0v) is 22.7. The zero-order valence-electron chi connectivity index (χ0n) is 21.0. The quantitative estimate of drug-likeness (QED) is 0.215. The summed E-state index contributed by atoms with van der Waals surface area (Å²) < 4.78 is 77.7. The standard InChI is InChI=1S/C28H18F3N5O3S2/c1-17-11-20(9-10-33-17)24-14-19(18-3-2-4-22(12-18)28(29,30)31)5-7-26(24)39-25-8-6-23(13-21(25)15-32)41(37,38)36-27-34-16-35-40-27/h2-14,16H,1H3,(H,34,35,36). The Morgan fingerprint density at radius 3 is 2.41 bits per heavy atom. The topological polar surface area (TPSA) is 118 Å². The number of alkyl halides is 3. The first kappa shape index (κ1) is 27.8. The van der Waals surface area contributed by atoms with Gasteiger partial charge in [-0.05, 0) is 78.2 Å². The Hall–Kier alpha value is -4.80. The van der Waals surface area contributed by atoms with Crippen LogP contribution in [0.25, 0.3) is 22.3 Å². The Morgan fingerprint density at radius 1 is 0.927 bits per heavy atom. The van der Waals surface area contributed by atoms with Crippen molar-refractivity contribution in [2.75, 3.05) is 4.72 Å². The van der Waals surface area contributed by atoms with Crippen LogP contribution in [0.3, 0.4) is 0 Å². The van der Waals surface area contributed by atoms with Crippen molar-refractivity contribution in [1.82, 2.24) is 14.3 Å². The maximum Gasteiger partial charge on any atom is 0.416 e. The largest absolute Gasteiger partial charge is 0.455 e. The van der Waals surface area contributed by atoms with Crippen LogP contribution in [0, 0.1) is 18.3 Å². The van der Waals surface area contributed by atoms with Crippen LogP contribution < -0.4 is 9.46 Å². The first-order valence-electron chi connectivity index (χ1n) is 11.8. The maximum atomic E-state index is 13.3. The van der Waals surface area contributed by atoms with Crippen LogP contribution in [0.2, 0.25) is 0 Å². The number of hydrogen-bond acceptors (Lipinski definition) is 8. The van der Waals surface area contributed by atoms with Crippen LogP contribution >= 0.6 is 11.5 Å². The Labute approximate surface area is 237 Å². The number of nitrogens with zero attached hydrogens (tertiary/aromatic N) is 4. The van der Waals surface area contributed by atoms with Gasteiger partial charge in [-0.25, -0.2) is 13.4 Å². The van der Waals surface area contributed by atoms with Crippen molar-refractivity contribution >= 4 is 26.7 Å². The second-order valence-corrected chi connectivity index (χ2v) is 11.2. The molecule has 0 amide bonds. The molecule has 2 aromatic heterocycles. The summed E-state index contributed by atoms with van der Waals surface area (Å²) in [4.78, 5) is 7.83. The summed E-state index contributed by atoms with van der Waals surface area (Å²) in [6, 6.07) is 19.2. The van der Waals surface area contributed by atoms with E-state index < -0.39 is 21.8 Å². The fourth-order valence-corrected chi connectivity index (χ4v) is 5.66. The summed E-state index contributed by atoms with van der Waals surface area (Å²) in [6.07, 6.45) is -1.69. The van der Waals surface area contributed by atoms with Gasteiger partial charge < -0.3 is 4.74 Å². The summed E-state index contributed by atoms with van der Waals surface area (Å²) >= 11 is 0.860. The third-order valence-corrected chi connectivity index (χ3v) is 7.94. The lowest BCUT2D eigenvalue weighted by Gasteiger charge is -2.16. The van der Waals surface area contributed by atoms with Crippen LogP contribution in [0.1, 0.15) is 16.8 Å². The van der Waals surface area contributed by atoms with Crippen molar-refractivity contribution < 1.29 is 26.3 Å². The predicted octanol–water partition coefficient (Wildman–Crippen LogP) is 7.06. The molecule has 0 atom stereocenters. The number of hydrogen-bond donors (Lipinski definition) is 1. The number of nitriles is 1. The van der Waals surface area contributed by atoms with Crippen molar-refractivity contribution in [3.8, 4) is 39.8 Å². The molecular weight excluding hydrogens is 575 g/mol. The number of sulfonamides is 1. The average Bonchev–Trinajstić information content (AvgIpc) is 3.45. The van der Waals surface area contributed by atoms with Crippen LogP contribution in [-0.4, -0.2) is 22.8 Å². The Balaban J connectivity index is 1.55. The molecule has 3 aromatic carbocycles. The lowest BCUT2D eigenvalue weighted by atomic mass is 9.97. The molecule has 0 bridgehead atoms. The van der Waals surface area contributed by atoms with Gasteiger partial charge in [0, 0.05) is 29.0 Å². The van der Waals surface area contributed by atoms with Crippen LogP contribution in [0.4, 0.5) is 18.3 Å². The Morgan fingerprint density at radius 2 is 1.71 bits per heavy atom. The van der Waals surface area contributed by atoms with Gasteiger partial charge >= 0.3 is 6.18 Å². The Kier molecular flexibility index (Phi) is 7.44. The van der Waals surface area contributed by atoms with E-state index in [0.717, 1.165) is 23.7 Å². The van der Waals surface area contributed by atoms with Gasteiger partial charge in [-0.3, -0.25) is 9.71 Å². The molecule has 0 spiro atoms. The second kappa shape index (κ2) is 11.0. The third kappa shape index (κ3) is 6.19. The lowest BCUT2D eigenvalue weighted by Crippen LogP contribution is -2.13. The van der Waals surface area contributed by atoms with Crippen molar-refractivity contribution in [2.45, 2.75) is 18.0 Å². The maximum absolute atomic E-state index is 13.3. The summed E-state index contributed by atoms with van der Waals surface area (Å²) in [5.41, 5.74) is 1.96. The number of pyridine rings is 1. The van der Waals surface area contributed by atoms with Crippen molar-refractivity contribution in [1.29, 1.82) is 5.26 Å². The minimum Gasteiger partial charge on any atom is -0.455 e. The highest BCUT2D eigenvalue weighted by Crippen LogP contribution is 2.39. The molecular formula is C28H18F3N5O3S2. The van der Waals surface area contributed by atoms with Gasteiger partial charge in [0.05, 0.1) is 16.0 Å². The molecule has 0 unspecified atom stereocenters. The van der Waals surface area contributed by atoms with Crippen LogP contribution in [0.15, 0.2) is 90.2 Å². The van der Waals surface area contributed by atoms with Gasteiger partial charge in [0.2, 0.25) is 5.13 Å². The van der Waals surface area contributed by atoms with E-state index in [0.29, 0.717) is 33.7 Å². The van der Waals surface area contributed by atoms with E-state index in [4.69, 9.17) is 4.74 Å². The number of benzene rings is 3. The number of halogens is 3. The molecule has 0 saturated carbocycles. The zero-order chi connectivity index (χ0) is 29.2. The smallest absolute Gasteiger partial charge is 0.416 e. The van der Waals surface area contributed by atoms with Gasteiger partial charge in [-0.2, -0.15) is 22.8 Å². The molecule has 2 heterocycles. The van der Waals surface area contributed by atoms with Crippen LogP contribution in [0.5, 0.6) is 11.5 Å². The van der Waals surface area contributed by atoms with E-state index in [9.17, 15) is 26.9 Å². The fourth-order valence-electron chi connectivity index (χ4n) is 3.98. The number of ether oxygens (including phenoxy) is 1. The van der Waals surface area contributed by atoms with Gasteiger partial charge in [0.15, 0.2) is 0 Å². The summed E-state index contributed by atoms with van der Waals surface area (Å²) in [5, 5.41) is 9.86. The molecule has 0 aliphatic heterocycles. The van der Waals surface area contributed by atoms with Crippen molar-refractivity contribution in [3.05, 3.63) is 102 Å². The molecule has 206 valence electrons. The Bertz CT molecular complexity index is 1890. The highest BCUT2D eigenvalue weighted by atomic mass is 32.2. The molecule has 0 radical (unpaired) electrons. The molecule has 1 N–H and O–H groups in total. The van der Waals surface area contributed by atoms with E-state index in [1.54, 1.807) is 49.5 Å². The van der Waals surface area contributed by atoms with Crippen LogP contribution in [-0.2, 0) is 16.2 Å². The number of aryl methyl sites for hydroxylation is 1. The molecule has 0 aliphatic carbocycles. The van der Waals surface area contributed by atoms with E-state index in [-0.39, 0.29) is 21.3 Å². The molecule has 5 rings (SSSR count). The summed E-state index contributed by atoms with van der Waals surface area (Å²) in [6.45, 7) is 1.80. The average molecular weight is 594 g/mol. The highest BCUT2D eigenvalue weighted by molar-refractivity contribution is 7.93. The fraction of sp³-hybridized carbons (Fsp3) is 0.0714. The van der Waals surface area contributed by atoms with Gasteiger partial charge in [-0.1, -0.05) is 18.2 Å². The molecule has 8 nitrogen and oxygen atoms in total. The van der Waals surface area contributed by atoms with Gasteiger partial charge in [0.1, 0.15) is 23.9 Å². The number of anilines is 1. The van der Waals surface area contributed by atoms with E-state index in [2.05, 4.69) is 19.1 Å². The van der Waals surface area contributed by atoms with E-state index in [1.165, 1.54) is 30.6 Å². The van der Waals surface area contributed by atoms with E-state index in [1.807, 2.05) is 6.07 Å². The third-order valence-electron chi connectivity index (χ3n) is 5.90. The molecule has 13 heteroatoms. The summed E-state index contributed by atoms with van der Waals surface area (Å²) in [7, 11) is -4.05. The number of nitrogens with one attached hydrogen (secondary N) is 1. The SMILES string of the molecule is Cc1cc(-c2cc(-c3cccc(C(F)(F)F)c3)ccc2Oc2ccc(S(=O)(=O)Nc3ncns3)cc2C#N)ccn1. The summed E-state index contributed by atoms with van der Waals surface area (Å²) in [5.74, 6) is 0.381. The van der Waals surface area contributed by atoms with E-state index >= 15 is 0 Å². The second-order valence-electron chi connectivity index (χ2n) is 8.70. The molecule has 5 aromatic rings. The predicted molar refractivity (Wildman–Crippen MR) is 147 cm³/mol. The lowest BCUT2D eigenvalue weighted by molar-refractivity contribution is -0.137. The molecule has 0 aliphatic rings. The first-order valence-corrected chi connectivity index (χ1v) is 14.1.